The Hall–Kier alpha value is -2.71. The topological polar surface area (TPSA) is 85.8 Å². The number of nitrogens with zero attached hydrogens (tertiary/aromatic N) is 3. The SMILES string of the molecule is Cc1ncc(C(=O)Nc2cc(Cl)cc(CN3CCN(C(=O)O)[C@@H](C)C3)c2C)cc1F. The van der Waals surface area contributed by atoms with E-state index in [-0.39, 0.29) is 17.3 Å². The van der Waals surface area contributed by atoms with Gasteiger partial charge in [-0.25, -0.2) is 9.18 Å². The van der Waals surface area contributed by atoms with Gasteiger partial charge in [-0.1, -0.05) is 11.6 Å². The number of anilines is 1. The highest BCUT2D eigenvalue weighted by Crippen LogP contribution is 2.27. The summed E-state index contributed by atoms with van der Waals surface area (Å²) in [6.07, 6.45) is 0.422. The molecule has 0 aliphatic carbocycles. The van der Waals surface area contributed by atoms with Crippen LogP contribution in [-0.2, 0) is 6.54 Å². The summed E-state index contributed by atoms with van der Waals surface area (Å²) >= 11 is 6.28. The van der Waals surface area contributed by atoms with Gasteiger partial charge in [-0.3, -0.25) is 14.7 Å². The fraction of sp³-hybridized carbons (Fsp3) is 0.381. The highest BCUT2D eigenvalue weighted by molar-refractivity contribution is 6.31. The largest absolute Gasteiger partial charge is 0.465 e. The Balaban J connectivity index is 1.76. The fourth-order valence-electron chi connectivity index (χ4n) is 3.56. The predicted octanol–water partition coefficient (Wildman–Crippen LogP) is 3.93. The highest BCUT2D eigenvalue weighted by atomic mass is 35.5. The summed E-state index contributed by atoms with van der Waals surface area (Å²) in [6, 6.07) is 4.54. The quantitative estimate of drug-likeness (QED) is 0.761. The summed E-state index contributed by atoms with van der Waals surface area (Å²) in [6.45, 7) is 7.52. The Bertz CT molecular complexity index is 985. The highest BCUT2D eigenvalue weighted by Gasteiger charge is 2.27. The van der Waals surface area contributed by atoms with E-state index in [1.165, 1.54) is 18.0 Å². The number of carbonyl (C=O) groups is 2. The summed E-state index contributed by atoms with van der Waals surface area (Å²) in [5, 5.41) is 12.5. The van der Waals surface area contributed by atoms with Crippen LogP contribution in [0.25, 0.3) is 0 Å². The molecule has 0 saturated carbocycles. The van der Waals surface area contributed by atoms with Crippen molar-refractivity contribution >= 4 is 29.3 Å². The minimum absolute atomic E-state index is 0.112. The van der Waals surface area contributed by atoms with E-state index in [1.807, 2.05) is 19.9 Å². The molecule has 2 amide bonds. The number of pyridine rings is 1. The normalized spacial score (nSPS) is 17.1. The van der Waals surface area contributed by atoms with Crippen LogP contribution in [0.3, 0.4) is 0 Å². The first-order chi connectivity index (χ1) is 14.2. The van der Waals surface area contributed by atoms with Crippen LogP contribution in [0.5, 0.6) is 0 Å². The van der Waals surface area contributed by atoms with E-state index < -0.39 is 17.8 Å². The lowest BCUT2D eigenvalue weighted by atomic mass is 10.0. The Morgan fingerprint density at radius 1 is 1.30 bits per heavy atom. The number of rotatable bonds is 4. The van der Waals surface area contributed by atoms with Gasteiger partial charge in [-0.15, -0.1) is 0 Å². The fourth-order valence-corrected chi connectivity index (χ4v) is 3.80. The third-order valence-electron chi connectivity index (χ3n) is 5.37. The lowest BCUT2D eigenvalue weighted by molar-refractivity contribution is 0.0710. The molecule has 0 unspecified atom stereocenters. The number of carboxylic acid groups (broad SMARTS) is 1. The molecule has 1 aromatic carbocycles. The minimum atomic E-state index is -0.909. The van der Waals surface area contributed by atoms with Gasteiger partial charge in [0.1, 0.15) is 5.82 Å². The summed E-state index contributed by atoms with van der Waals surface area (Å²) in [5.41, 5.74) is 2.67. The average molecular weight is 435 g/mol. The Kier molecular flexibility index (Phi) is 6.58. The summed E-state index contributed by atoms with van der Waals surface area (Å²) in [5.74, 6) is -1.01. The monoisotopic (exact) mass is 434 g/mol. The van der Waals surface area contributed by atoms with Gasteiger partial charge in [-0.05, 0) is 50.1 Å². The van der Waals surface area contributed by atoms with Crippen molar-refractivity contribution in [3.8, 4) is 0 Å². The van der Waals surface area contributed by atoms with Gasteiger partial charge in [-0.2, -0.15) is 0 Å². The first-order valence-electron chi connectivity index (χ1n) is 9.60. The van der Waals surface area contributed by atoms with Crippen LogP contribution >= 0.6 is 11.6 Å². The number of benzene rings is 1. The van der Waals surface area contributed by atoms with Crippen molar-refractivity contribution in [2.75, 3.05) is 25.0 Å². The number of aromatic nitrogens is 1. The molecule has 1 aliphatic rings. The molecule has 2 N–H and O–H groups in total. The third-order valence-corrected chi connectivity index (χ3v) is 5.59. The van der Waals surface area contributed by atoms with Crippen LogP contribution in [-0.4, -0.2) is 57.6 Å². The van der Waals surface area contributed by atoms with Gasteiger partial charge in [0.05, 0.1) is 11.3 Å². The van der Waals surface area contributed by atoms with E-state index in [0.29, 0.717) is 36.9 Å². The maximum atomic E-state index is 13.7. The van der Waals surface area contributed by atoms with Crippen molar-refractivity contribution in [1.82, 2.24) is 14.8 Å². The standard InChI is InChI=1S/C21H24ClFN4O3/c1-12-10-26(4-5-27(12)21(29)30)11-16-6-17(22)8-19(13(16)2)25-20(28)15-7-18(23)14(3)24-9-15/h6-9,12H,4-5,10-11H2,1-3H3,(H,25,28)(H,29,30)/t12-/m0/s1. The third kappa shape index (κ3) is 4.88. The zero-order chi connectivity index (χ0) is 22.0. The molecule has 1 aromatic heterocycles. The van der Waals surface area contributed by atoms with Crippen LogP contribution in [0, 0.1) is 19.7 Å². The van der Waals surface area contributed by atoms with Crippen molar-refractivity contribution in [2.45, 2.75) is 33.4 Å². The number of halogens is 2. The molecule has 1 aliphatic heterocycles. The molecule has 0 spiro atoms. The molecule has 3 rings (SSSR count). The number of hydrogen-bond donors (Lipinski definition) is 2. The van der Waals surface area contributed by atoms with Gasteiger partial charge in [0, 0.05) is 49.1 Å². The van der Waals surface area contributed by atoms with Gasteiger partial charge < -0.3 is 15.3 Å². The zero-order valence-corrected chi connectivity index (χ0v) is 17.8. The number of hydrogen-bond acceptors (Lipinski definition) is 4. The number of amides is 2. The molecular weight excluding hydrogens is 411 g/mol. The second-order valence-electron chi connectivity index (χ2n) is 7.54. The summed E-state index contributed by atoms with van der Waals surface area (Å²) < 4.78 is 13.7. The molecule has 2 heterocycles. The van der Waals surface area contributed by atoms with Gasteiger partial charge in [0.25, 0.3) is 5.91 Å². The van der Waals surface area contributed by atoms with Gasteiger partial charge in [0.2, 0.25) is 0 Å². The molecule has 0 radical (unpaired) electrons. The zero-order valence-electron chi connectivity index (χ0n) is 17.1. The first-order valence-corrected chi connectivity index (χ1v) is 9.98. The van der Waals surface area contributed by atoms with Crippen molar-refractivity contribution in [1.29, 1.82) is 0 Å². The number of aryl methyl sites for hydroxylation is 1. The van der Waals surface area contributed by atoms with Crippen molar-refractivity contribution in [3.63, 3.8) is 0 Å². The lowest BCUT2D eigenvalue weighted by Crippen LogP contribution is -2.53. The van der Waals surface area contributed by atoms with E-state index in [1.54, 1.807) is 6.07 Å². The molecule has 160 valence electrons. The first kappa shape index (κ1) is 22.0. The molecule has 1 atom stereocenters. The van der Waals surface area contributed by atoms with E-state index in [9.17, 15) is 19.1 Å². The second kappa shape index (κ2) is 8.97. The number of nitrogens with one attached hydrogen (secondary N) is 1. The maximum absolute atomic E-state index is 13.7. The van der Waals surface area contributed by atoms with Crippen LogP contribution in [0.1, 0.15) is 34.1 Å². The molecule has 9 heteroatoms. The van der Waals surface area contributed by atoms with Crippen molar-refractivity contribution in [2.24, 2.45) is 0 Å². The lowest BCUT2D eigenvalue weighted by Gasteiger charge is -2.38. The summed E-state index contributed by atoms with van der Waals surface area (Å²) in [7, 11) is 0. The van der Waals surface area contributed by atoms with E-state index in [0.717, 1.165) is 17.2 Å². The molecule has 2 aromatic rings. The Morgan fingerprint density at radius 3 is 2.67 bits per heavy atom. The van der Waals surface area contributed by atoms with E-state index in [4.69, 9.17) is 11.6 Å². The van der Waals surface area contributed by atoms with Crippen LogP contribution < -0.4 is 5.32 Å². The van der Waals surface area contributed by atoms with Gasteiger partial charge in [0.15, 0.2) is 0 Å². The van der Waals surface area contributed by atoms with E-state index in [2.05, 4.69) is 15.2 Å². The molecule has 1 saturated heterocycles. The van der Waals surface area contributed by atoms with Crippen molar-refractivity contribution < 1.29 is 19.1 Å². The molecule has 1 fully saturated rings. The average Bonchev–Trinajstić information content (AvgIpc) is 2.67. The Morgan fingerprint density at radius 2 is 2.03 bits per heavy atom. The number of carbonyl (C=O) groups excluding carboxylic acids is 1. The van der Waals surface area contributed by atoms with Gasteiger partial charge >= 0.3 is 6.09 Å². The number of piperazine rings is 1. The van der Waals surface area contributed by atoms with Crippen molar-refractivity contribution in [3.05, 3.63) is 57.6 Å². The van der Waals surface area contributed by atoms with E-state index >= 15 is 0 Å². The molecule has 30 heavy (non-hydrogen) atoms. The van der Waals surface area contributed by atoms with Crippen LogP contribution in [0.2, 0.25) is 5.02 Å². The maximum Gasteiger partial charge on any atom is 0.407 e. The predicted molar refractivity (Wildman–Crippen MR) is 113 cm³/mol. The molecular formula is C21H24ClFN4O3. The summed E-state index contributed by atoms with van der Waals surface area (Å²) in [4.78, 5) is 31.3. The Labute approximate surface area is 179 Å². The smallest absolute Gasteiger partial charge is 0.407 e. The molecule has 7 nitrogen and oxygen atoms in total. The second-order valence-corrected chi connectivity index (χ2v) is 7.98. The van der Waals surface area contributed by atoms with Crippen LogP contribution in [0.15, 0.2) is 24.4 Å². The molecule has 0 bridgehead atoms. The minimum Gasteiger partial charge on any atom is -0.465 e. The van der Waals surface area contributed by atoms with Crippen LogP contribution in [0.4, 0.5) is 14.9 Å².